The number of hydrogen-bond acceptors (Lipinski definition) is 2. The Morgan fingerprint density at radius 3 is 2.53 bits per heavy atom. The van der Waals surface area contributed by atoms with Crippen LogP contribution in [-0.2, 0) is 10.3 Å². The zero-order chi connectivity index (χ0) is 14.0. The molecule has 1 aromatic rings. The molecule has 0 spiro atoms. The summed E-state index contributed by atoms with van der Waals surface area (Å²) >= 11 is 6.05. The Morgan fingerprint density at radius 2 is 2.00 bits per heavy atom. The number of likely N-dealkylation sites (tertiary alicyclic amines) is 1. The van der Waals surface area contributed by atoms with Crippen molar-refractivity contribution >= 4 is 17.6 Å². The second-order valence-corrected chi connectivity index (χ2v) is 5.46. The molecule has 1 aliphatic heterocycles. The molecule has 1 atom stereocenters. The number of hydrogen-bond donors (Lipinski definition) is 1. The predicted molar refractivity (Wildman–Crippen MR) is 71.8 cm³/mol. The Labute approximate surface area is 117 Å². The molecule has 0 amide bonds. The Balaban J connectivity index is 2.46. The lowest BCUT2D eigenvalue weighted by molar-refractivity contribution is -0.152. The Hall–Kier alpha value is -1.13. The molecule has 104 valence electrons. The second-order valence-electron chi connectivity index (χ2n) is 5.05. The van der Waals surface area contributed by atoms with E-state index in [9.17, 15) is 14.3 Å². The van der Waals surface area contributed by atoms with Crippen molar-refractivity contribution in [2.75, 3.05) is 13.1 Å². The molecule has 1 unspecified atom stereocenters. The molecule has 1 aromatic carbocycles. The van der Waals surface area contributed by atoms with Crippen LogP contribution in [0.5, 0.6) is 0 Å². The van der Waals surface area contributed by atoms with Gasteiger partial charge in [0.2, 0.25) is 0 Å². The zero-order valence-electron chi connectivity index (χ0n) is 10.8. The molecule has 1 heterocycles. The highest BCUT2D eigenvalue weighted by Gasteiger charge is 2.43. The summed E-state index contributed by atoms with van der Waals surface area (Å²) in [6.45, 7) is 3.08. The minimum Gasteiger partial charge on any atom is -0.480 e. The largest absolute Gasteiger partial charge is 0.480 e. The predicted octanol–water partition coefficient (Wildman–Crippen LogP) is 3.26. The summed E-state index contributed by atoms with van der Waals surface area (Å²) < 4.78 is 13.1. The van der Waals surface area contributed by atoms with Crippen LogP contribution in [0, 0.1) is 5.82 Å². The van der Waals surface area contributed by atoms with Crippen molar-refractivity contribution in [2.24, 2.45) is 0 Å². The lowest BCUT2D eigenvalue weighted by Crippen LogP contribution is -2.52. The molecule has 5 heteroatoms. The highest BCUT2D eigenvalue weighted by Crippen LogP contribution is 2.35. The van der Waals surface area contributed by atoms with Gasteiger partial charge in [0.15, 0.2) is 0 Å². The maximum absolute atomic E-state index is 13.1. The third kappa shape index (κ3) is 2.60. The van der Waals surface area contributed by atoms with Gasteiger partial charge in [-0.05, 0) is 45.0 Å². The molecule has 19 heavy (non-hydrogen) atoms. The summed E-state index contributed by atoms with van der Waals surface area (Å²) in [4.78, 5) is 13.7. The average molecular weight is 286 g/mol. The Bertz CT molecular complexity index is 488. The van der Waals surface area contributed by atoms with Crippen LogP contribution in [0.2, 0.25) is 5.02 Å². The molecule has 0 saturated carbocycles. The van der Waals surface area contributed by atoms with E-state index in [1.807, 2.05) is 4.90 Å². The third-order valence-electron chi connectivity index (χ3n) is 3.86. The Kier molecular flexibility index (Phi) is 4.11. The van der Waals surface area contributed by atoms with E-state index in [1.54, 1.807) is 6.92 Å². The van der Waals surface area contributed by atoms with E-state index in [1.165, 1.54) is 18.2 Å². The first-order chi connectivity index (χ1) is 8.96. The van der Waals surface area contributed by atoms with E-state index in [0.717, 1.165) is 32.4 Å². The van der Waals surface area contributed by atoms with Gasteiger partial charge in [0.25, 0.3) is 0 Å². The number of nitrogens with zero attached hydrogens (tertiary/aromatic N) is 1. The molecular weight excluding hydrogens is 269 g/mol. The van der Waals surface area contributed by atoms with Gasteiger partial charge in [-0.2, -0.15) is 0 Å². The van der Waals surface area contributed by atoms with Crippen LogP contribution in [0.1, 0.15) is 31.7 Å². The number of carboxylic acid groups (broad SMARTS) is 1. The topological polar surface area (TPSA) is 40.5 Å². The van der Waals surface area contributed by atoms with Gasteiger partial charge in [0.1, 0.15) is 11.4 Å². The lowest BCUT2D eigenvalue weighted by atomic mass is 9.88. The summed E-state index contributed by atoms with van der Waals surface area (Å²) in [5.41, 5.74) is -0.754. The van der Waals surface area contributed by atoms with Gasteiger partial charge >= 0.3 is 5.97 Å². The van der Waals surface area contributed by atoms with E-state index in [-0.39, 0.29) is 5.02 Å². The van der Waals surface area contributed by atoms with Crippen molar-refractivity contribution < 1.29 is 14.3 Å². The summed E-state index contributed by atoms with van der Waals surface area (Å²) in [6.07, 6.45) is 3.06. The SMILES string of the molecule is CC(C(=O)O)(c1ccc(F)cc1Cl)N1CCCCC1. The monoisotopic (exact) mass is 285 g/mol. The molecular formula is C14H17ClFNO2. The minimum absolute atomic E-state index is 0.162. The first-order valence-electron chi connectivity index (χ1n) is 6.40. The summed E-state index contributed by atoms with van der Waals surface area (Å²) in [5, 5.41) is 9.80. The van der Waals surface area contributed by atoms with Crippen molar-refractivity contribution in [3.05, 3.63) is 34.6 Å². The van der Waals surface area contributed by atoms with Crippen molar-refractivity contribution in [3.63, 3.8) is 0 Å². The van der Waals surface area contributed by atoms with Gasteiger partial charge in [-0.3, -0.25) is 4.90 Å². The van der Waals surface area contributed by atoms with Crippen LogP contribution in [0.4, 0.5) is 4.39 Å². The lowest BCUT2D eigenvalue weighted by Gasteiger charge is -2.40. The molecule has 0 aliphatic carbocycles. The highest BCUT2D eigenvalue weighted by atomic mass is 35.5. The summed E-state index contributed by atoms with van der Waals surface area (Å²) in [5.74, 6) is -1.41. The van der Waals surface area contributed by atoms with Gasteiger partial charge in [0.05, 0.1) is 0 Å². The van der Waals surface area contributed by atoms with Crippen molar-refractivity contribution in [1.82, 2.24) is 4.90 Å². The van der Waals surface area contributed by atoms with E-state index in [4.69, 9.17) is 11.6 Å². The fourth-order valence-electron chi connectivity index (χ4n) is 2.65. The van der Waals surface area contributed by atoms with Crippen molar-refractivity contribution in [3.8, 4) is 0 Å². The van der Waals surface area contributed by atoms with Crippen LogP contribution >= 0.6 is 11.6 Å². The van der Waals surface area contributed by atoms with Gasteiger partial charge in [-0.15, -0.1) is 0 Å². The first-order valence-corrected chi connectivity index (χ1v) is 6.78. The number of benzene rings is 1. The Morgan fingerprint density at radius 1 is 1.37 bits per heavy atom. The van der Waals surface area contributed by atoms with Crippen LogP contribution in [-0.4, -0.2) is 29.1 Å². The van der Waals surface area contributed by atoms with Crippen LogP contribution in [0.25, 0.3) is 0 Å². The molecule has 1 N–H and O–H groups in total. The maximum atomic E-state index is 13.1. The van der Waals surface area contributed by atoms with Gasteiger partial charge in [0, 0.05) is 10.6 Å². The molecule has 0 radical (unpaired) electrons. The van der Waals surface area contributed by atoms with E-state index in [2.05, 4.69) is 0 Å². The second kappa shape index (κ2) is 5.47. The molecule has 0 bridgehead atoms. The van der Waals surface area contributed by atoms with Crippen LogP contribution in [0.3, 0.4) is 0 Å². The highest BCUT2D eigenvalue weighted by molar-refractivity contribution is 6.31. The van der Waals surface area contributed by atoms with E-state index < -0.39 is 17.3 Å². The van der Waals surface area contributed by atoms with Crippen molar-refractivity contribution in [1.29, 1.82) is 0 Å². The molecule has 1 fully saturated rings. The number of halogens is 2. The number of aliphatic carboxylic acids is 1. The fourth-order valence-corrected chi connectivity index (χ4v) is 3.00. The molecule has 1 saturated heterocycles. The average Bonchev–Trinajstić information content (AvgIpc) is 2.38. The number of carbonyl (C=O) groups is 1. The fraction of sp³-hybridized carbons (Fsp3) is 0.500. The van der Waals surface area contributed by atoms with Crippen molar-refractivity contribution in [2.45, 2.75) is 31.7 Å². The third-order valence-corrected chi connectivity index (χ3v) is 4.17. The number of carboxylic acids is 1. The molecule has 3 nitrogen and oxygen atoms in total. The maximum Gasteiger partial charge on any atom is 0.328 e. The summed E-state index contributed by atoms with van der Waals surface area (Å²) in [7, 11) is 0. The summed E-state index contributed by atoms with van der Waals surface area (Å²) in [6, 6.07) is 3.90. The van der Waals surface area contributed by atoms with E-state index >= 15 is 0 Å². The van der Waals surface area contributed by atoms with Gasteiger partial charge in [-0.1, -0.05) is 24.1 Å². The van der Waals surface area contributed by atoms with E-state index in [0.29, 0.717) is 5.56 Å². The molecule has 1 aliphatic rings. The molecule has 2 rings (SSSR count). The normalized spacial score (nSPS) is 19.9. The standard InChI is InChI=1S/C14H17ClFNO2/c1-14(13(18)19,17-7-3-2-4-8-17)11-6-5-10(16)9-12(11)15/h5-6,9H,2-4,7-8H2,1H3,(H,18,19). The van der Waals surface area contributed by atoms with Gasteiger partial charge in [-0.25, -0.2) is 9.18 Å². The number of piperidine rings is 1. The quantitative estimate of drug-likeness (QED) is 0.927. The van der Waals surface area contributed by atoms with Crippen LogP contribution < -0.4 is 0 Å². The first kappa shape index (κ1) is 14.3. The minimum atomic E-state index is -1.20. The number of rotatable bonds is 3. The zero-order valence-corrected chi connectivity index (χ0v) is 11.6. The molecule has 0 aromatic heterocycles. The van der Waals surface area contributed by atoms with Crippen LogP contribution in [0.15, 0.2) is 18.2 Å². The smallest absolute Gasteiger partial charge is 0.328 e. The van der Waals surface area contributed by atoms with Gasteiger partial charge < -0.3 is 5.11 Å².